The van der Waals surface area contributed by atoms with Crippen LogP contribution in [0.2, 0.25) is 0 Å². The average molecular weight is 263 g/mol. The number of aromatic nitrogens is 2. The summed E-state index contributed by atoms with van der Waals surface area (Å²) in [4.78, 5) is 22.3. The number of rotatable bonds is 4. The molecule has 0 amide bonds. The van der Waals surface area contributed by atoms with Gasteiger partial charge in [-0.2, -0.15) is 0 Å². The lowest BCUT2D eigenvalue weighted by atomic mass is 9.84. The third-order valence-electron chi connectivity index (χ3n) is 4.05. The topological polar surface area (TPSA) is 66.3 Å². The Morgan fingerprint density at radius 2 is 2.21 bits per heavy atom. The number of carboxylic acids is 1. The monoisotopic (exact) mass is 263 g/mol. The summed E-state index contributed by atoms with van der Waals surface area (Å²) in [6, 6.07) is 1.97. The molecule has 0 saturated carbocycles. The van der Waals surface area contributed by atoms with Gasteiger partial charge in [-0.3, -0.25) is 4.79 Å². The van der Waals surface area contributed by atoms with Gasteiger partial charge in [0.25, 0.3) is 0 Å². The molecule has 1 fully saturated rings. The molecule has 2 heterocycles. The molecular formula is C14H21N3O2. The van der Waals surface area contributed by atoms with E-state index in [2.05, 4.69) is 21.8 Å². The van der Waals surface area contributed by atoms with Gasteiger partial charge in [-0.25, -0.2) is 9.97 Å². The highest BCUT2D eigenvalue weighted by Gasteiger charge is 2.43. The van der Waals surface area contributed by atoms with Crippen molar-refractivity contribution in [3.8, 4) is 0 Å². The molecule has 0 aromatic carbocycles. The smallest absolute Gasteiger partial charge is 0.311 e. The largest absolute Gasteiger partial charge is 0.481 e. The summed E-state index contributed by atoms with van der Waals surface area (Å²) in [6.07, 6.45) is 2.20. The maximum Gasteiger partial charge on any atom is 0.311 e. The molecule has 1 saturated heterocycles. The molecule has 0 bridgehead atoms. The third-order valence-corrected chi connectivity index (χ3v) is 4.05. The summed E-state index contributed by atoms with van der Waals surface area (Å²) < 4.78 is 0. The number of aliphatic carboxylic acids is 1. The zero-order chi connectivity index (χ0) is 14.0. The fraction of sp³-hybridized carbons (Fsp3) is 0.643. The molecule has 1 aromatic rings. The Kier molecular flexibility index (Phi) is 3.73. The Hall–Kier alpha value is -1.65. The summed E-state index contributed by atoms with van der Waals surface area (Å²) in [5.74, 6) is 0.915. The maximum absolute atomic E-state index is 11.5. The van der Waals surface area contributed by atoms with Gasteiger partial charge in [0.1, 0.15) is 11.6 Å². The number of nitrogens with zero attached hydrogens (tertiary/aromatic N) is 3. The zero-order valence-electron chi connectivity index (χ0n) is 11.8. The Balaban J connectivity index is 2.25. The number of hydrogen-bond acceptors (Lipinski definition) is 4. The summed E-state index contributed by atoms with van der Waals surface area (Å²) >= 11 is 0. The first-order valence-electron chi connectivity index (χ1n) is 6.83. The summed E-state index contributed by atoms with van der Waals surface area (Å²) in [5, 5.41) is 9.42. The molecule has 1 aromatic heterocycles. The minimum atomic E-state index is -0.695. The molecule has 1 unspecified atom stereocenters. The molecule has 0 radical (unpaired) electrons. The van der Waals surface area contributed by atoms with Gasteiger partial charge in [-0.05, 0) is 26.2 Å². The first-order chi connectivity index (χ1) is 9.00. The third kappa shape index (κ3) is 2.55. The Labute approximate surface area is 113 Å². The van der Waals surface area contributed by atoms with E-state index in [4.69, 9.17) is 0 Å². The average Bonchev–Trinajstić information content (AvgIpc) is 2.83. The van der Waals surface area contributed by atoms with Crippen molar-refractivity contribution in [2.75, 3.05) is 18.0 Å². The van der Waals surface area contributed by atoms with Crippen molar-refractivity contribution in [3.05, 3.63) is 17.6 Å². The van der Waals surface area contributed by atoms with Crippen molar-refractivity contribution in [3.63, 3.8) is 0 Å². The van der Waals surface area contributed by atoms with Crippen LogP contribution in [0.5, 0.6) is 0 Å². The molecule has 1 N–H and O–H groups in total. The highest BCUT2D eigenvalue weighted by Crippen LogP contribution is 2.36. The van der Waals surface area contributed by atoms with Crippen molar-refractivity contribution in [1.29, 1.82) is 0 Å². The van der Waals surface area contributed by atoms with Crippen molar-refractivity contribution in [2.24, 2.45) is 5.41 Å². The molecular weight excluding hydrogens is 242 g/mol. The van der Waals surface area contributed by atoms with Gasteiger partial charge in [-0.15, -0.1) is 0 Å². The minimum Gasteiger partial charge on any atom is -0.481 e. The maximum atomic E-state index is 11.5. The minimum absolute atomic E-state index is 0.540. The van der Waals surface area contributed by atoms with Crippen LogP contribution in [0, 0.1) is 12.3 Å². The molecule has 19 heavy (non-hydrogen) atoms. The van der Waals surface area contributed by atoms with Gasteiger partial charge in [0, 0.05) is 24.8 Å². The predicted molar refractivity (Wildman–Crippen MR) is 73.3 cm³/mol. The lowest BCUT2D eigenvalue weighted by Gasteiger charge is -2.23. The Morgan fingerprint density at radius 3 is 2.74 bits per heavy atom. The molecule has 1 aliphatic rings. The van der Waals surface area contributed by atoms with Crippen LogP contribution < -0.4 is 4.90 Å². The molecule has 5 nitrogen and oxygen atoms in total. The van der Waals surface area contributed by atoms with Crippen molar-refractivity contribution < 1.29 is 9.90 Å². The number of aryl methyl sites for hydroxylation is 2. The van der Waals surface area contributed by atoms with E-state index in [0.29, 0.717) is 19.4 Å². The Morgan fingerprint density at radius 1 is 1.47 bits per heavy atom. The number of carboxylic acid groups (broad SMARTS) is 1. The fourth-order valence-corrected chi connectivity index (χ4v) is 2.64. The molecule has 1 atom stereocenters. The van der Waals surface area contributed by atoms with Gasteiger partial charge in [0.05, 0.1) is 5.41 Å². The van der Waals surface area contributed by atoms with Gasteiger partial charge < -0.3 is 10.0 Å². The summed E-state index contributed by atoms with van der Waals surface area (Å²) in [5.41, 5.74) is 0.387. The second-order valence-electron chi connectivity index (χ2n) is 5.23. The molecule has 0 spiro atoms. The van der Waals surface area contributed by atoms with E-state index in [1.54, 1.807) is 0 Å². The second-order valence-corrected chi connectivity index (χ2v) is 5.23. The van der Waals surface area contributed by atoms with Gasteiger partial charge in [0.2, 0.25) is 0 Å². The van der Waals surface area contributed by atoms with Crippen molar-refractivity contribution in [2.45, 2.75) is 40.0 Å². The molecule has 1 aliphatic heterocycles. The van der Waals surface area contributed by atoms with E-state index in [1.807, 2.05) is 19.9 Å². The second kappa shape index (κ2) is 5.15. The van der Waals surface area contributed by atoms with Gasteiger partial charge >= 0.3 is 5.97 Å². The van der Waals surface area contributed by atoms with E-state index < -0.39 is 11.4 Å². The molecule has 5 heteroatoms. The van der Waals surface area contributed by atoms with Crippen LogP contribution in [-0.4, -0.2) is 34.1 Å². The van der Waals surface area contributed by atoms with Crippen molar-refractivity contribution in [1.82, 2.24) is 9.97 Å². The summed E-state index contributed by atoms with van der Waals surface area (Å²) in [6.45, 7) is 7.17. The molecule has 104 valence electrons. The highest BCUT2D eigenvalue weighted by atomic mass is 16.4. The molecule has 0 aliphatic carbocycles. The van der Waals surface area contributed by atoms with Crippen LogP contribution in [-0.2, 0) is 11.2 Å². The fourth-order valence-electron chi connectivity index (χ4n) is 2.64. The highest BCUT2D eigenvalue weighted by molar-refractivity contribution is 5.76. The standard InChI is InChI=1S/C14H21N3O2/c1-4-11-8-12(16-10(3)15-11)17-7-6-14(5-2,9-17)13(18)19/h8H,4-7,9H2,1-3H3,(H,18,19). The number of carbonyl (C=O) groups is 1. The van der Waals surface area contributed by atoms with Gasteiger partial charge in [0.15, 0.2) is 0 Å². The van der Waals surface area contributed by atoms with Crippen molar-refractivity contribution >= 4 is 11.8 Å². The normalized spacial score (nSPS) is 22.8. The van der Waals surface area contributed by atoms with E-state index >= 15 is 0 Å². The first-order valence-corrected chi connectivity index (χ1v) is 6.83. The van der Waals surface area contributed by atoms with E-state index in [1.165, 1.54) is 0 Å². The van der Waals surface area contributed by atoms with E-state index in [9.17, 15) is 9.90 Å². The van der Waals surface area contributed by atoms with Crippen LogP contribution in [0.15, 0.2) is 6.07 Å². The quantitative estimate of drug-likeness (QED) is 0.900. The lowest BCUT2D eigenvalue weighted by molar-refractivity contribution is -0.147. The predicted octanol–water partition coefficient (Wildman–Crippen LogP) is 2.04. The first kappa shape index (κ1) is 13.8. The lowest BCUT2D eigenvalue weighted by Crippen LogP contribution is -2.34. The molecule has 2 rings (SSSR count). The van der Waals surface area contributed by atoms with Crippen LogP contribution >= 0.6 is 0 Å². The van der Waals surface area contributed by atoms with Crippen LogP contribution in [0.4, 0.5) is 5.82 Å². The zero-order valence-corrected chi connectivity index (χ0v) is 11.8. The number of hydrogen-bond donors (Lipinski definition) is 1. The van der Waals surface area contributed by atoms with Crippen LogP contribution in [0.1, 0.15) is 38.2 Å². The Bertz CT molecular complexity index is 490. The van der Waals surface area contributed by atoms with Gasteiger partial charge in [-0.1, -0.05) is 13.8 Å². The summed E-state index contributed by atoms with van der Waals surface area (Å²) in [7, 11) is 0. The van der Waals surface area contributed by atoms with Crippen LogP contribution in [0.3, 0.4) is 0 Å². The number of anilines is 1. The SMILES string of the molecule is CCc1cc(N2CCC(CC)(C(=O)O)C2)nc(C)n1. The van der Waals surface area contributed by atoms with E-state index in [0.717, 1.165) is 30.3 Å². The van der Waals surface area contributed by atoms with Crippen LogP contribution in [0.25, 0.3) is 0 Å². The van der Waals surface area contributed by atoms with E-state index in [-0.39, 0.29) is 0 Å².